The lowest BCUT2D eigenvalue weighted by Crippen LogP contribution is -2.37. The molecule has 0 saturated carbocycles. The maximum absolute atomic E-state index is 11.4. The highest BCUT2D eigenvalue weighted by Crippen LogP contribution is 2.36. The standard InChI is InChI=1S/C20H26N4O2/c1-12(2)11-24-16-13-8-6-7-9-14(13)21-10-15(16)22-18(24)17(20(3,4)5)23-19(25)26/h6-10,12,17,23H,11H2,1-5H3,(H,25,26). The van der Waals surface area contributed by atoms with Crippen molar-refractivity contribution in [2.75, 3.05) is 0 Å². The summed E-state index contributed by atoms with van der Waals surface area (Å²) < 4.78 is 2.16. The minimum Gasteiger partial charge on any atom is -0.465 e. The number of nitrogens with zero attached hydrogens (tertiary/aromatic N) is 3. The van der Waals surface area contributed by atoms with Crippen molar-refractivity contribution in [3.05, 3.63) is 36.3 Å². The van der Waals surface area contributed by atoms with Crippen LogP contribution in [0.15, 0.2) is 30.5 Å². The lowest BCUT2D eigenvalue weighted by atomic mass is 9.86. The molecule has 0 radical (unpaired) electrons. The van der Waals surface area contributed by atoms with Gasteiger partial charge >= 0.3 is 6.09 Å². The Bertz CT molecular complexity index is 953. The number of imidazole rings is 1. The van der Waals surface area contributed by atoms with E-state index in [0.29, 0.717) is 5.92 Å². The van der Waals surface area contributed by atoms with Gasteiger partial charge in [0.25, 0.3) is 0 Å². The molecule has 138 valence electrons. The lowest BCUT2D eigenvalue weighted by Gasteiger charge is -2.30. The van der Waals surface area contributed by atoms with Gasteiger partial charge in [-0.1, -0.05) is 52.8 Å². The van der Waals surface area contributed by atoms with Crippen molar-refractivity contribution in [2.24, 2.45) is 11.3 Å². The number of aromatic nitrogens is 3. The van der Waals surface area contributed by atoms with Crippen LogP contribution in [0.5, 0.6) is 0 Å². The van der Waals surface area contributed by atoms with Gasteiger partial charge in [-0.05, 0) is 17.4 Å². The fraction of sp³-hybridized carbons (Fsp3) is 0.450. The second kappa shape index (κ2) is 6.59. The van der Waals surface area contributed by atoms with Gasteiger partial charge in [-0.3, -0.25) is 4.98 Å². The third kappa shape index (κ3) is 3.36. The lowest BCUT2D eigenvalue weighted by molar-refractivity contribution is 0.171. The fourth-order valence-corrected chi connectivity index (χ4v) is 3.34. The van der Waals surface area contributed by atoms with Crippen LogP contribution in [0.25, 0.3) is 21.9 Å². The molecule has 1 amide bonds. The molecule has 3 rings (SSSR count). The molecule has 0 bridgehead atoms. The number of hydrogen-bond donors (Lipinski definition) is 2. The van der Waals surface area contributed by atoms with Crippen molar-refractivity contribution in [2.45, 2.75) is 47.2 Å². The van der Waals surface area contributed by atoms with Crippen LogP contribution in [0, 0.1) is 11.3 Å². The summed E-state index contributed by atoms with van der Waals surface area (Å²) in [5.74, 6) is 1.13. The van der Waals surface area contributed by atoms with Crippen molar-refractivity contribution in [1.29, 1.82) is 0 Å². The highest BCUT2D eigenvalue weighted by atomic mass is 16.4. The van der Waals surface area contributed by atoms with Gasteiger partial charge in [-0.25, -0.2) is 9.78 Å². The van der Waals surface area contributed by atoms with Crippen molar-refractivity contribution < 1.29 is 9.90 Å². The van der Waals surface area contributed by atoms with E-state index < -0.39 is 12.1 Å². The molecule has 3 aromatic rings. The number of carbonyl (C=O) groups is 1. The average molecular weight is 354 g/mol. The minimum absolute atomic E-state index is 0.322. The van der Waals surface area contributed by atoms with E-state index in [0.717, 1.165) is 34.3 Å². The SMILES string of the molecule is CC(C)Cn1c(C(NC(=O)O)C(C)(C)C)nc2cnc3ccccc3c21. The first-order chi connectivity index (χ1) is 12.2. The minimum atomic E-state index is -1.05. The zero-order valence-corrected chi connectivity index (χ0v) is 15.9. The van der Waals surface area contributed by atoms with Gasteiger partial charge in [0.2, 0.25) is 0 Å². The normalized spacial score (nSPS) is 13.5. The molecule has 0 aliphatic heterocycles. The summed E-state index contributed by atoms with van der Waals surface area (Å²) in [6.07, 6.45) is 0.731. The van der Waals surface area contributed by atoms with E-state index in [4.69, 9.17) is 4.98 Å². The molecule has 6 nitrogen and oxygen atoms in total. The van der Waals surface area contributed by atoms with Crippen LogP contribution in [0.4, 0.5) is 4.79 Å². The molecule has 0 aliphatic rings. The Hall–Kier alpha value is -2.63. The number of fused-ring (bicyclic) bond motifs is 3. The Morgan fingerprint density at radius 2 is 1.92 bits per heavy atom. The van der Waals surface area contributed by atoms with E-state index in [1.165, 1.54) is 0 Å². The second-order valence-corrected chi connectivity index (χ2v) is 8.23. The highest BCUT2D eigenvalue weighted by Gasteiger charge is 2.33. The fourth-order valence-electron chi connectivity index (χ4n) is 3.34. The molecule has 2 N–H and O–H groups in total. The number of benzene rings is 1. The van der Waals surface area contributed by atoms with E-state index >= 15 is 0 Å². The van der Waals surface area contributed by atoms with Crippen molar-refractivity contribution in [1.82, 2.24) is 19.9 Å². The summed E-state index contributed by atoms with van der Waals surface area (Å²) in [5.41, 5.74) is 2.40. The topological polar surface area (TPSA) is 80.0 Å². The number of nitrogens with one attached hydrogen (secondary N) is 1. The molecule has 1 unspecified atom stereocenters. The largest absolute Gasteiger partial charge is 0.465 e. The number of pyridine rings is 1. The van der Waals surface area contributed by atoms with Crippen molar-refractivity contribution in [3.8, 4) is 0 Å². The summed E-state index contributed by atoms with van der Waals surface area (Å²) in [7, 11) is 0. The summed E-state index contributed by atoms with van der Waals surface area (Å²) in [4.78, 5) is 20.8. The monoisotopic (exact) mass is 354 g/mol. The second-order valence-electron chi connectivity index (χ2n) is 8.23. The summed E-state index contributed by atoms with van der Waals surface area (Å²) in [6.45, 7) is 11.1. The van der Waals surface area contributed by atoms with Crippen molar-refractivity contribution in [3.63, 3.8) is 0 Å². The van der Waals surface area contributed by atoms with Crippen LogP contribution in [0.3, 0.4) is 0 Å². The summed E-state index contributed by atoms with van der Waals surface area (Å²) in [6, 6.07) is 7.56. The first-order valence-corrected chi connectivity index (χ1v) is 8.92. The van der Waals surface area contributed by atoms with Crippen LogP contribution in [0.1, 0.15) is 46.5 Å². The van der Waals surface area contributed by atoms with E-state index in [-0.39, 0.29) is 5.41 Å². The molecule has 1 atom stereocenters. The third-order valence-electron chi connectivity index (χ3n) is 4.45. The van der Waals surface area contributed by atoms with Gasteiger partial charge in [0, 0.05) is 11.9 Å². The van der Waals surface area contributed by atoms with Gasteiger partial charge in [-0.15, -0.1) is 0 Å². The smallest absolute Gasteiger partial charge is 0.405 e. The first-order valence-electron chi connectivity index (χ1n) is 8.92. The van der Waals surface area contributed by atoms with Crippen molar-refractivity contribution >= 4 is 28.0 Å². The Morgan fingerprint density at radius 3 is 2.54 bits per heavy atom. The molecule has 26 heavy (non-hydrogen) atoms. The third-order valence-corrected chi connectivity index (χ3v) is 4.45. The first kappa shape index (κ1) is 18.2. The molecule has 6 heteroatoms. The van der Waals surface area contributed by atoms with Gasteiger partial charge in [0.15, 0.2) is 0 Å². The van der Waals surface area contributed by atoms with E-state index in [9.17, 15) is 9.90 Å². The number of hydrogen-bond acceptors (Lipinski definition) is 3. The Labute approximate surface area is 153 Å². The molecule has 2 aromatic heterocycles. The van der Waals surface area contributed by atoms with Crippen LogP contribution in [-0.4, -0.2) is 25.7 Å². The summed E-state index contributed by atoms with van der Waals surface area (Å²) >= 11 is 0. The van der Waals surface area contributed by atoms with Crippen LogP contribution in [0.2, 0.25) is 0 Å². The maximum atomic E-state index is 11.4. The Balaban J connectivity index is 2.33. The summed E-state index contributed by atoms with van der Waals surface area (Å²) in [5, 5.41) is 13.1. The number of amides is 1. The Morgan fingerprint density at radius 1 is 1.23 bits per heavy atom. The zero-order valence-electron chi connectivity index (χ0n) is 15.9. The molecular weight excluding hydrogens is 328 g/mol. The predicted molar refractivity (Wildman–Crippen MR) is 103 cm³/mol. The highest BCUT2D eigenvalue weighted by molar-refractivity contribution is 6.02. The number of carboxylic acid groups (broad SMARTS) is 1. The quantitative estimate of drug-likeness (QED) is 0.718. The van der Waals surface area contributed by atoms with E-state index in [1.54, 1.807) is 6.20 Å². The average Bonchev–Trinajstić information content (AvgIpc) is 2.89. The zero-order chi connectivity index (χ0) is 19.1. The number of rotatable bonds is 4. The van der Waals surface area contributed by atoms with Gasteiger partial charge < -0.3 is 15.0 Å². The molecular formula is C20H26N4O2. The van der Waals surface area contributed by atoms with Gasteiger partial charge in [0.1, 0.15) is 11.3 Å². The van der Waals surface area contributed by atoms with E-state index in [1.807, 2.05) is 45.0 Å². The molecule has 0 aliphatic carbocycles. The molecule has 0 spiro atoms. The molecule has 0 fully saturated rings. The maximum Gasteiger partial charge on any atom is 0.405 e. The van der Waals surface area contributed by atoms with Crippen LogP contribution in [-0.2, 0) is 6.54 Å². The number of para-hydroxylation sites is 1. The molecule has 1 aromatic carbocycles. The van der Waals surface area contributed by atoms with E-state index in [2.05, 4.69) is 28.7 Å². The predicted octanol–water partition coefficient (Wildman–Crippen LogP) is 4.60. The molecule has 0 saturated heterocycles. The van der Waals surface area contributed by atoms with Crippen LogP contribution >= 0.6 is 0 Å². The van der Waals surface area contributed by atoms with Gasteiger partial charge in [-0.2, -0.15) is 0 Å². The van der Waals surface area contributed by atoms with Crippen LogP contribution < -0.4 is 5.32 Å². The Kier molecular flexibility index (Phi) is 4.61. The van der Waals surface area contributed by atoms with Gasteiger partial charge in [0.05, 0.1) is 23.3 Å². The molecule has 2 heterocycles.